The summed E-state index contributed by atoms with van der Waals surface area (Å²) in [5.41, 5.74) is 2.76. The van der Waals surface area contributed by atoms with Crippen molar-refractivity contribution in [2.24, 2.45) is 0 Å². The van der Waals surface area contributed by atoms with Gasteiger partial charge in [-0.2, -0.15) is 0 Å². The number of pyridine rings is 1. The number of anilines is 1. The zero-order valence-electron chi connectivity index (χ0n) is 11.2. The minimum absolute atomic E-state index is 0.0532. The Kier molecular flexibility index (Phi) is 4.68. The van der Waals surface area contributed by atoms with Crippen molar-refractivity contribution in [3.63, 3.8) is 0 Å². The average molecular weight is 272 g/mol. The van der Waals surface area contributed by atoms with E-state index < -0.39 is 5.97 Å². The maximum absolute atomic E-state index is 10.8. The second kappa shape index (κ2) is 6.68. The molecule has 0 amide bonds. The monoisotopic (exact) mass is 272 g/mol. The molecule has 0 spiro atoms. The standard InChI is InChI=1S/C15H16N2O3/c1-20-10-11-4-2-5-12(8-11)16-9-13-6-3-7-14(17-13)15(18)19/h2-8,16H,9-10H2,1H3,(H,18,19). The van der Waals surface area contributed by atoms with Gasteiger partial charge in [-0.05, 0) is 29.8 Å². The molecule has 0 aliphatic heterocycles. The highest BCUT2D eigenvalue weighted by atomic mass is 16.5. The zero-order chi connectivity index (χ0) is 14.4. The topological polar surface area (TPSA) is 71.5 Å². The molecule has 0 bridgehead atoms. The highest BCUT2D eigenvalue weighted by Crippen LogP contribution is 2.12. The van der Waals surface area contributed by atoms with Crippen molar-refractivity contribution in [2.45, 2.75) is 13.2 Å². The fourth-order valence-electron chi connectivity index (χ4n) is 1.83. The van der Waals surface area contributed by atoms with E-state index in [0.29, 0.717) is 18.8 Å². The second-order valence-corrected chi connectivity index (χ2v) is 4.31. The number of hydrogen-bond acceptors (Lipinski definition) is 4. The van der Waals surface area contributed by atoms with Crippen molar-refractivity contribution < 1.29 is 14.6 Å². The molecular weight excluding hydrogens is 256 g/mol. The van der Waals surface area contributed by atoms with Crippen LogP contribution in [0, 0.1) is 0 Å². The molecule has 2 N–H and O–H groups in total. The van der Waals surface area contributed by atoms with E-state index in [0.717, 1.165) is 11.3 Å². The average Bonchev–Trinajstić information content (AvgIpc) is 2.46. The highest BCUT2D eigenvalue weighted by Gasteiger charge is 2.05. The molecule has 0 fully saturated rings. The van der Waals surface area contributed by atoms with Crippen molar-refractivity contribution in [2.75, 3.05) is 12.4 Å². The molecule has 5 nitrogen and oxygen atoms in total. The van der Waals surface area contributed by atoms with Crippen LogP contribution in [0.3, 0.4) is 0 Å². The smallest absolute Gasteiger partial charge is 0.354 e. The quantitative estimate of drug-likeness (QED) is 0.845. The summed E-state index contributed by atoms with van der Waals surface area (Å²) in [5.74, 6) is -1.02. The predicted molar refractivity (Wildman–Crippen MR) is 75.7 cm³/mol. The zero-order valence-corrected chi connectivity index (χ0v) is 11.2. The number of carboxylic acid groups (broad SMARTS) is 1. The molecule has 20 heavy (non-hydrogen) atoms. The van der Waals surface area contributed by atoms with Gasteiger partial charge in [-0.3, -0.25) is 0 Å². The van der Waals surface area contributed by atoms with E-state index in [-0.39, 0.29) is 5.69 Å². The summed E-state index contributed by atoms with van der Waals surface area (Å²) in [4.78, 5) is 14.9. The van der Waals surface area contributed by atoms with Crippen LogP contribution in [0.15, 0.2) is 42.5 Å². The SMILES string of the molecule is COCc1cccc(NCc2cccc(C(=O)O)n2)c1. The van der Waals surface area contributed by atoms with Gasteiger partial charge in [-0.15, -0.1) is 0 Å². The van der Waals surface area contributed by atoms with Gasteiger partial charge < -0.3 is 15.2 Å². The Bertz CT molecular complexity index is 599. The number of methoxy groups -OCH3 is 1. The molecule has 0 unspecified atom stereocenters. The molecule has 1 heterocycles. The first kappa shape index (κ1) is 14.0. The molecule has 0 aliphatic carbocycles. The molecule has 0 saturated carbocycles. The van der Waals surface area contributed by atoms with E-state index >= 15 is 0 Å². The first-order valence-corrected chi connectivity index (χ1v) is 6.20. The first-order valence-electron chi connectivity index (χ1n) is 6.20. The lowest BCUT2D eigenvalue weighted by Gasteiger charge is -2.08. The van der Waals surface area contributed by atoms with Gasteiger partial charge in [0.25, 0.3) is 0 Å². The van der Waals surface area contributed by atoms with Crippen molar-refractivity contribution in [3.8, 4) is 0 Å². The normalized spacial score (nSPS) is 10.2. The lowest BCUT2D eigenvalue weighted by atomic mass is 10.2. The summed E-state index contributed by atoms with van der Waals surface area (Å²) in [5, 5.41) is 12.1. The number of aromatic nitrogens is 1. The Balaban J connectivity index is 2.03. The number of hydrogen-bond donors (Lipinski definition) is 2. The molecule has 2 rings (SSSR count). The van der Waals surface area contributed by atoms with Gasteiger partial charge in [0, 0.05) is 12.8 Å². The molecule has 2 aromatic rings. The Hall–Kier alpha value is -2.40. The summed E-state index contributed by atoms with van der Waals surface area (Å²) >= 11 is 0. The van der Waals surface area contributed by atoms with Gasteiger partial charge in [0.15, 0.2) is 0 Å². The second-order valence-electron chi connectivity index (χ2n) is 4.31. The molecule has 0 aliphatic rings. The summed E-state index contributed by atoms with van der Waals surface area (Å²) in [6.07, 6.45) is 0. The van der Waals surface area contributed by atoms with Crippen molar-refractivity contribution >= 4 is 11.7 Å². The molecule has 1 aromatic heterocycles. The van der Waals surface area contributed by atoms with Crippen LogP contribution in [0.2, 0.25) is 0 Å². The summed E-state index contributed by atoms with van der Waals surface area (Å²) < 4.78 is 5.08. The van der Waals surface area contributed by atoms with Crippen molar-refractivity contribution in [1.29, 1.82) is 0 Å². The van der Waals surface area contributed by atoms with Crippen LogP contribution in [0.4, 0.5) is 5.69 Å². The summed E-state index contributed by atoms with van der Waals surface area (Å²) in [7, 11) is 1.65. The molecule has 104 valence electrons. The Morgan fingerprint density at radius 2 is 2.10 bits per heavy atom. The van der Waals surface area contributed by atoms with Gasteiger partial charge >= 0.3 is 5.97 Å². The van der Waals surface area contributed by atoms with Crippen LogP contribution in [-0.2, 0) is 17.9 Å². The van der Waals surface area contributed by atoms with Gasteiger partial charge in [0.1, 0.15) is 5.69 Å². The number of aromatic carboxylic acids is 1. The number of nitrogens with zero attached hydrogens (tertiary/aromatic N) is 1. The molecule has 0 atom stereocenters. The van der Waals surface area contributed by atoms with Crippen molar-refractivity contribution in [3.05, 3.63) is 59.4 Å². The van der Waals surface area contributed by atoms with E-state index in [1.54, 1.807) is 19.2 Å². The molecule has 5 heteroatoms. The number of rotatable bonds is 6. The summed E-state index contributed by atoms with van der Waals surface area (Å²) in [6.45, 7) is 1.03. The number of carboxylic acids is 1. The van der Waals surface area contributed by atoms with Gasteiger partial charge in [0.2, 0.25) is 0 Å². The molecule has 1 aromatic carbocycles. The van der Waals surface area contributed by atoms with E-state index in [4.69, 9.17) is 9.84 Å². The summed E-state index contributed by atoms with van der Waals surface area (Å²) in [6, 6.07) is 12.8. The highest BCUT2D eigenvalue weighted by molar-refractivity contribution is 5.85. The number of nitrogens with one attached hydrogen (secondary N) is 1. The lowest BCUT2D eigenvalue weighted by Crippen LogP contribution is -2.06. The maximum atomic E-state index is 10.8. The minimum atomic E-state index is -1.02. The van der Waals surface area contributed by atoms with Crippen LogP contribution >= 0.6 is 0 Å². The third kappa shape index (κ3) is 3.80. The largest absolute Gasteiger partial charge is 0.477 e. The molecule has 0 radical (unpaired) electrons. The van der Waals surface area contributed by atoms with Crippen molar-refractivity contribution in [1.82, 2.24) is 4.98 Å². The lowest BCUT2D eigenvalue weighted by molar-refractivity contribution is 0.0690. The first-order chi connectivity index (χ1) is 9.69. The van der Waals surface area contributed by atoms with E-state index in [9.17, 15) is 4.79 Å². The molecular formula is C15H16N2O3. The van der Waals surface area contributed by atoms with Gasteiger partial charge in [-0.1, -0.05) is 18.2 Å². The van der Waals surface area contributed by atoms with Gasteiger partial charge in [0.05, 0.1) is 18.8 Å². The molecule has 0 saturated heterocycles. The van der Waals surface area contributed by atoms with Crippen LogP contribution < -0.4 is 5.32 Å². The number of ether oxygens (including phenoxy) is 1. The minimum Gasteiger partial charge on any atom is -0.477 e. The Morgan fingerprint density at radius 1 is 1.30 bits per heavy atom. The van der Waals surface area contributed by atoms with Gasteiger partial charge in [-0.25, -0.2) is 9.78 Å². The van der Waals surface area contributed by atoms with E-state index in [1.165, 1.54) is 6.07 Å². The van der Waals surface area contributed by atoms with E-state index in [2.05, 4.69) is 10.3 Å². The Morgan fingerprint density at radius 3 is 2.85 bits per heavy atom. The van der Waals surface area contributed by atoms with Crippen LogP contribution in [-0.4, -0.2) is 23.2 Å². The third-order valence-corrected chi connectivity index (χ3v) is 2.74. The van der Waals surface area contributed by atoms with Crippen LogP contribution in [0.1, 0.15) is 21.7 Å². The maximum Gasteiger partial charge on any atom is 0.354 e. The van der Waals surface area contributed by atoms with Crippen LogP contribution in [0.25, 0.3) is 0 Å². The number of benzene rings is 1. The fraction of sp³-hybridized carbons (Fsp3) is 0.200. The third-order valence-electron chi connectivity index (χ3n) is 2.74. The Labute approximate surface area is 117 Å². The van der Waals surface area contributed by atoms with E-state index in [1.807, 2.05) is 24.3 Å². The van der Waals surface area contributed by atoms with Crippen LogP contribution in [0.5, 0.6) is 0 Å². The fourth-order valence-corrected chi connectivity index (χ4v) is 1.83. The number of carbonyl (C=O) groups is 1. The predicted octanol–water partition coefficient (Wildman–Crippen LogP) is 2.54.